The van der Waals surface area contributed by atoms with E-state index in [1.807, 2.05) is 12.1 Å². The Kier molecular flexibility index (Phi) is 12.4. The minimum atomic E-state index is -0.585. The zero-order valence-electron chi connectivity index (χ0n) is 19.8. The van der Waals surface area contributed by atoms with Gasteiger partial charge in [-0.1, -0.05) is 58.8 Å². The van der Waals surface area contributed by atoms with Crippen LogP contribution in [0.2, 0.25) is 0 Å². The SMILES string of the molecule is CCCCCCCCCOc1cnc(-c2ccc(OC(=O)C(C)OCCCC)cc2)nc1. The second-order valence-electron chi connectivity index (χ2n) is 8.02. The molecule has 1 heterocycles. The van der Waals surface area contributed by atoms with Crippen LogP contribution in [0, 0.1) is 0 Å². The second kappa shape index (κ2) is 15.4. The fourth-order valence-electron chi connectivity index (χ4n) is 3.13. The van der Waals surface area contributed by atoms with Crippen LogP contribution in [0.4, 0.5) is 0 Å². The van der Waals surface area contributed by atoms with E-state index in [2.05, 4.69) is 23.8 Å². The summed E-state index contributed by atoms with van der Waals surface area (Å²) in [5.41, 5.74) is 0.843. The second-order valence-corrected chi connectivity index (χ2v) is 8.02. The molecule has 0 bridgehead atoms. The summed E-state index contributed by atoms with van der Waals surface area (Å²) in [5, 5.41) is 0. The molecule has 1 atom stereocenters. The lowest BCUT2D eigenvalue weighted by Gasteiger charge is -2.12. The fourth-order valence-corrected chi connectivity index (χ4v) is 3.13. The lowest BCUT2D eigenvalue weighted by molar-refractivity contribution is -0.146. The highest BCUT2D eigenvalue weighted by atomic mass is 16.6. The Balaban J connectivity index is 1.74. The van der Waals surface area contributed by atoms with Crippen molar-refractivity contribution in [3.05, 3.63) is 36.7 Å². The molecule has 0 aliphatic carbocycles. The van der Waals surface area contributed by atoms with E-state index in [1.54, 1.807) is 31.5 Å². The summed E-state index contributed by atoms with van der Waals surface area (Å²) in [6.07, 6.45) is 13.6. The Labute approximate surface area is 192 Å². The zero-order valence-corrected chi connectivity index (χ0v) is 19.8. The smallest absolute Gasteiger partial charge is 0.340 e. The van der Waals surface area contributed by atoms with Crippen LogP contribution in [0.3, 0.4) is 0 Å². The largest absolute Gasteiger partial charge is 0.490 e. The number of rotatable bonds is 16. The van der Waals surface area contributed by atoms with E-state index in [0.717, 1.165) is 24.8 Å². The molecule has 2 rings (SSSR count). The van der Waals surface area contributed by atoms with Crippen molar-refractivity contribution < 1.29 is 19.0 Å². The van der Waals surface area contributed by atoms with Gasteiger partial charge >= 0.3 is 5.97 Å². The Morgan fingerprint density at radius 1 is 0.812 bits per heavy atom. The van der Waals surface area contributed by atoms with Gasteiger partial charge in [0.15, 0.2) is 17.7 Å². The van der Waals surface area contributed by atoms with Gasteiger partial charge in [0.25, 0.3) is 0 Å². The van der Waals surface area contributed by atoms with Gasteiger partial charge in [-0.05, 0) is 44.0 Å². The van der Waals surface area contributed by atoms with E-state index < -0.39 is 12.1 Å². The van der Waals surface area contributed by atoms with E-state index >= 15 is 0 Å². The number of hydrogen-bond donors (Lipinski definition) is 0. The van der Waals surface area contributed by atoms with Crippen LogP contribution in [0.25, 0.3) is 11.4 Å². The highest BCUT2D eigenvalue weighted by Crippen LogP contribution is 2.21. The Morgan fingerprint density at radius 3 is 2.09 bits per heavy atom. The number of hydrogen-bond acceptors (Lipinski definition) is 6. The van der Waals surface area contributed by atoms with Gasteiger partial charge in [0.05, 0.1) is 19.0 Å². The number of carbonyl (C=O) groups is 1. The minimum Gasteiger partial charge on any atom is -0.490 e. The van der Waals surface area contributed by atoms with Gasteiger partial charge in [0.1, 0.15) is 5.75 Å². The van der Waals surface area contributed by atoms with E-state index in [0.29, 0.717) is 30.5 Å². The van der Waals surface area contributed by atoms with Crippen molar-refractivity contribution in [3.63, 3.8) is 0 Å². The standard InChI is InChI=1S/C26H38N2O4/c1-4-6-8-9-10-11-12-18-31-24-19-27-25(28-20-24)22-13-15-23(16-14-22)32-26(29)21(3)30-17-7-5-2/h13-16,19-21H,4-12,17-18H2,1-3H3. The summed E-state index contributed by atoms with van der Waals surface area (Å²) < 4.78 is 16.6. The number of unbranched alkanes of at least 4 members (excludes halogenated alkanes) is 7. The molecule has 0 spiro atoms. The number of ether oxygens (including phenoxy) is 3. The third kappa shape index (κ3) is 9.77. The molecule has 0 radical (unpaired) electrons. The molecule has 2 aromatic rings. The van der Waals surface area contributed by atoms with Crippen LogP contribution in [0.15, 0.2) is 36.7 Å². The average molecular weight is 443 g/mol. The quantitative estimate of drug-likeness (QED) is 0.171. The molecule has 0 amide bonds. The number of aromatic nitrogens is 2. The fraction of sp³-hybridized carbons (Fsp3) is 0.577. The molecule has 1 aromatic heterocycles. The number of nitrogens with zero attached hydrogens (tertiary/aromatic N) is 2. The van der Waals surface area contributed by atoms with Gasteiger partial charge in [-0.25, -0.2) is 14.8 Å². The Bertz CT molecular complexity index is 762. The van der Waals surface area contributed by atoms with Crippen LogP contribution in [-0.2, 0) is 9.53 Å². The third-order valence-corrected chi connectivity index (χ3v) is 5.17. The zero-order chi connectivity index (χ0) is 23.0. The number of esters is 1. The molecule has 0 saturated carbocycles. The average Bonchev–Trinajstić information content (AvgIpc) is 2.82. The van der Waals surface area contributed by atoms with E-state index in [-0.39, 0.29) is 0 Å². The Hall–Kier alpha value is -2.47. The molecule has 6 nitrogen and oxygen atoms in total. The molecule has 1 aromatic carbocycles. The first kappa shape index (κ1) is 25.8. The predicted molar refractivity (Wildman–Crippen MR) is 127 cm³/mol. The van der Waals surface area contributed by atoms with Crippen molar-refractivity contribution in [1.82, 2.24) is 9.97 Å². The summed E-state index contributed by atoms with van der Waals surface area (Å²) >= 11 is 0. The summed E-state index contributed by atoms with van der Waals surface area (Å²) in [7, 11) is 0. The molecule has 0 aliphatic heterocycles. The summed E-state index contributed by atoms with van der Waals surface area (Å²) in [4.78, 5) is 20.9. The molecule has 0 aliphatic rings. The van der Waals surface area contributed by atoms with Crippen LogP contribution < -0.4 is 9.47 Å². The summed E-state index contributed by atoms with van der Waals surface area (Å²) in [5.74, 6) is 1.36. The number of benzene rings is 1. The lowest BCUT2D eigenvalue weighted by atomic mass is 10.1. The van der Waals surface area contributed by atoms with Crippen molar-refractivity contribution in [3.8, 4) is 22.9 Å². The van der Waals surface area contributed by atoms with E-state index in [9.17, 15) is 4.79 Å². The first-order valence-electron chi connectivity index (χ1n) is 12.0. The maximum Gasteiger partial charge on any atom is 0.340 e. The van der Waals surface area contributed by atoms with Gasteiger partial charge in [-0.2, -0.15) is 0 Å². The van der Waals surface area contributed by atoms with Gasteiger partial charge in [0.2, 0.25) is 0 Å². The maximum absolute atomic E-state index is 12.1. The van der Waals surface area contributed by atoms with Crippen molar-refractivity contribution in [2.24, 2.45) is 0 Å². The van der Waals surface area contributed by atoms with Crippen LogP contribution in [-0.4, -0.2) is 35.3 Å². The molecule has 0 N–H and O–H groups in total. The normalized spacial score (nSPS) is 11.8. The van der Waals surface area contributed by atoms with Gasteiger partial charge in [-0.3, -0.25) is 0 Å². The van der Waals surface area contributed by atoms with E-state index in [4.69, 9.17) is 14.2 Å². The highest BCUT2D eigenvalue weighted by Gasteiger charge is 2.15. The third-order valence-electron chi connectivity index (χ3n) is 5.17. The maximum atomic E-state index is 12.1. The van der Waals surface area contributed by atoms with Crippen molar-refractivity contribution in [2.45, 2.75) is 84.7 Å². The molecule has 176 valence electrons. The minimum absolute atomic E-state index is 0.396. The monoisotopic (exact) mass is 442 g/mol. The van der Waals surface area contributed by atoms with Crippen molar-refractivity contribution in [1.29, 1.82) is 0 Å². The van der Waals surface area contributed by atoms with Gasteiger partial charge in [0, 0.05) is 12.2 Å². The lowest BCUT2D eigenvalue weighted by Crippen LogP contribution is -2.26. The summed E-state index contributed by atoms with van der Waals surface area (Å²) in [6.45, 7) is 7.27. The van der Waals surface area contributed by atoms with E-state index in [1.165, 1.54) is 38.5 Å². The predicted octanol–water partition coefficient (Wildman–Crippen LogP) is 6.38. The molecule has 6 heteroatoms. The molecule has 32 heavy (non-hydrogen) atoms. The number of carbonyl (C=O) groups excluding carboxylic acids is 1. The molecule has 1 unspecified atom stereocenters. The van der Waals surface area contributed by atoms with Gasteiger partial charge < -0.3 is 14.2 Å². The van der Waals surface area contributed by atoms with Gasteiger partial charge in [-0.15, -0.1) is 0 Å². The highest BCUT2D eigenvalue weighted by molar-refractivity contribution is 5.77. The first-order valence-corrected chi connectivity index (χ1v) is 12.0. The topological polar surface area (TPSA) is 70.5 Å². The van der Waals surface area contributed by atoms with Crippen LogP contribution >= 0.6 is 0 Å². The molecule has 0 fully saturated rings. The van der Waals surface area contributed by atoms with Crippen LogP contribution in [0.5, 0.6) is 11.5 Å². The molecular weight excluding hydrogens is 404 g/mol. The Morgan fingerprint density at radius 2 is 1.44 bits per heavy atom. The van der Waals surface area contributed by atoms with Crippen LogP contribution in [0.1, 0.15) is 78.6 Å². The van der Waals surface area contributed by atoms with Crippen molar-refractivity contribution in [2.75, 3.05) is 13.2 Å². The molecular formula is C26H38N2O4. The molecule has 0 saturated heterocycles. The first-order chi connectivity index (χ1) is 15.6. The summed E-state index contributed by atoms with van der Waals surface area (Å²) in [6, 6.07) is 7.14. The van der Waals surface area contributed by atoms with Crippen molar-refractivity contribution >= 4 is 5.97 Å².